The highest BCUT2D eigenvalue weighted by Crippen LogP contribution is 2.11. The molecule has 0 aromatic carbocycles. The summed E-state index contributed by atoms with van der Waals surface area (Å²) in [6.45, 7) is 3.92. The van der Waals surface area contributed by atoms with Crippen molar-refractivity contribution in [3.8, 4) is 0 Å². The van der Waals surface area contributed by atoms with Gasteiger partial charge in [-0.2, -0.15) is 0 Å². The third kappa shape index (κ3) is 5.88. The molecule has 0 bridgehead atoms. The van der Waals surface area contributed by atoms with E-state index in [0.717, 1.165) is 0 Å². The first-order valence-corrected chi connectivity index (χ1v) is 4.87. The van der Waals surface area contributed by atoms with E-state index in [0.29, 0.717) is 12.0 Å². The van der Waals surface area contributed by atoms with Gasteiger partial charge in [0.2, 0.25) is 0 Å². The molecule has 0 N–H and O–H groups in total. The maximum absolute atomic E-state index is 11.3. The first-order chi connectivity index (χ1) is 7.01. The Morgan fingerprint density at radius 2 is 1.73 bits per heavy atom. The van der Waals surface area contributed by atoms with Crippen LogP contribution in [-0.2, 0) is 19.1 Å². The lowest BCUT2D eigenvalue weighted by atomic mass is 10.1. The van der Waals surface area contributed by atoms with E-state index >= 15 is 0 Å². The summed E-state index contributed by atoms with van der Waals surface area (Å²) in [5.74, 6) is -0.460. The molecular weight excluding hydrogens is 196 g/mol. The van der Waals surface area contributed by atoms with E-state index in [4.69, 9.17) is 0 Å². The van der Waals surface area contributed by atoms with Crippen LogP contribution in [0.1, 0.15) is 26.7 Å². The average molecular weight is 214 g/mol. The molecule has 0 rings (SSSR count). The van der Waals surface area contributed by atoms with Crippen LogP contribution in [0.25, 0.3) is 0 Å². The highest BCUT2D eigenvalue weighted by atomic mass is 16.5. The minimum absolute atomic E-state index is 0.199. The van der Waals surface area contributed by atoms with E-state index in [-0.39, 0.29) is 24.3 Å². The predicted octanol–water partition coefficient (Wildman–Crippen LogP) is 1.70. The highest BCUT2D eigenvalue weighted by Gasteiger charge is 2.12. The molecule has 0 fully saturated rings. The lowest BCUT2D eigenvalue weighted by molar-refractivity contribution is -0.140. The normalized spacial score (nSPS) is 11.4. The third-order valence-electron chi connectivity index (χ3n) is 1.81. The van der Waals surface area contributed by atoms with Crippen LogP contribution in [-0.4, -0.2) is 26.2 Å². The number of allylic oxidation sites excluding steroid dienone is 1. The van der Waals surface area contributed by atoms with Gasteiger partial charge in [-0.05, 0) is 12.3 Å². The summed E-state index contributed by atoms with van der Waals surface area (Å²) < 4.78 is 9.12. The molecule has 4 nitrogen and oxygen atoms in total. The summed E-state index contributed by atoms with van der Waals surface area (Å²) in [4.78, 5) is 22.2. The van der Waals surface area contributed by atoms with Crippen molar-refractivity contribution < 1.29 is 19.1 Å². The largest absolute Gasteiger partial charge is 0.469 e. The van der Waals surface area contributed by atoms with Crippen LogP contribution in [0.4, 0.5) is 0 Å². The van der Waals surface area contributed by atoms with E-state index in [1.54, 1.807) is 6.08 Å². The Morgan fingerprint density at radius 1 is 1.13 bits per heavy atom. The van der Waals surface area contributed by atoms with Gasteiger partial charge in [0.05, 0.1) is 14.2 Å². The van der Waals surface area contributed by atoms with Gasteiger partial charge in [-0.3, -0.25) is 4.79 Å². The second kappa shape index (κ2) is 7.04. The topological polar surface area (TPSA) is 52.6 Å². The number of esters is 2. The number of hydrogen-bond donors (Lipinski definition) is 0. The van der Waals surface area contributed by atoms with E-state index < -0.39 is 0 Å². The van der Waals surface area contributed by atoms with Crippen LogP contribution in [0.3, 0.4) is 0 Å². The van der Waals surface area contributed by atoms with Crippen molar-refractivity contribution in [2.24, 2.45) is 5.92 Å². The summed E-state index contributed by atoms with van der Waals surface area (Å²) in [7, 11) is 2.65. The van der Waals surface area contributed by atoms with Crippen LogP contribution >= 0.6 is 0 Å². The molecule has 86 valence electrons. The maximum Gasteiger partial charge on any atom is 0.333 e. The van der Waals surface area contributed by atoms with Gasteiger partial charge in [-0.25, -0.2) is 4.79 Å². The van der Waals surface area contributed by atoms with Crippen LogP contribution in [0.5, 0.6) is 0 Å². The molecule has 0 aromatic rings. The van der Waals surface area contributed by atoms with Gasteiger partial charge >= 0.3 is 11.9 Å². The number of methoxy groups -OCH3 is 2. The zero-order chi connectivity index (χ0) is 11.8. The van der Waals surface area contributed by atoms with Crippen LogP contribution in [0.15, 0.2) is 11.6 Å². The number of carbonyl (C=O) groups excluding carboxylic acids is 2. The van der Waals surface area contributed by atoms with Crippen molar-refractivity contribution in [3.63, 3.8) is 0 Å². The van der Waals surface area contributed by atoms with Crippen molar-refractivity contribution >= 4 is 11.9 Å². The predicted molar refractivity (Wildman–Crippen MR) is 56.2 cm³/mol. The molecule has 0 atom stereocenters. The first-order valence-electron chi connectivity index (χ1n) is 4.87. The second-order valence-corrected chi connectivity index (χ2v) is 3.50. The fourth-order valence-electron chi connectivity index (χ4n) is 1.13. The second-order valence-electron chi connectivity index (χ2n) is 3.50. The van der Waals surface area contributed by atoms with Gasteiger partial charge in [0.15, 0.2) is 0 Å². The number of rotatable bonds is 5. The Morgan fingerprint density at radius 3 is 2.13 bits per heavy atom. The fraction of sp³-hybridized carbons (Fsp3) is 0.636. The molecule has 0 aliphatic heterocycles. The van der Waals surface area contributed by atoms with Crippen molar-refractivity contribution in [1.82, 2.24) is 0 Å². The lowest BCUT2D eigenvalue weighted by Crippen LogP contribution is -2.09. The molecule has 0 heterocycles. The van der Waals surface area contributed by atoms with Gasteiger partial charge in [0, 0.05) is 12.0 Å². The van der Waals surface area contributed by atoms with E-state index in [9.17, 15) is 9.59 Å². The molecule has 0 aliphatic rings. The minimum atomic E-state index is -0.382. The quantitative estimate of drug-likeness (QED) is 0.516. The molecule has 0 radical (unpaired) electrons. The Balaban J connectivity index is 4.39. The van der Waals surface area contributed by atoms with E-state index in [1.807, 2.05) is 13.8 Å². The van der Waals surface area contributed by atoms with Crippen molar-refractivity contribution in [2.45, 2.75) is 26.7 Å². The van der Waals surface area contributed by atoms with E-state index in [1.165, 1.54) is 14.2 Å². The summed E-state index contributed by atoms with van der Waals surface area (Å²) in [6, 6.07) is 0. The van der Waals surface area contributed by atoms with Gasteiger partial charge < -0.3 is 9.47 Å². The molecule has 0 spiro atoms. The molecule has 15 heavy (non-hydrogen) atoms. The smallest absolute Gasteiger partial charge is 0.333 e. The molecule has 0 unspecified atom stereocenters. The van der Waals surface area contributed by atoms with Gasteiger partial charge in [0.1, 0.15) is 0 Å². The third-order valence-corrected chi connectivity index (χ3v) is 1.81. The van der Waals surface area contributed by atoms with Crippen LogP contribution in [0.2, 0.25) is 0 Å². The maximum atomic E-state index is 11.3. The fourth-order valence-corrected chi connectivity index (χ4v) is 1.13. The zero-order valence-corrected chi connectivity index (χ0v) is 9.70. The minimum Gasteiger partial charge on any atom is -0.469 e. The molecule has 0 amide bonds. The SMILES string of the molecule is COC(=O)CC/C(=C\C(C)C)C(=O)OC. The Bertz CT molecular complexity index is 253. The molecule has 0 aliphatic carbocycles. The van der Waals surface area contributed by atoms with Gasteiger partial charge in [0.25, 0.3) is 0 Å². The van der Waals surface area contributed by atoms with Gasteiger partial charge in [-0.1, -0.05) is 19.9 Å². The van der Waals surface area contributed by atoms with Crippen LogP contribution < -0.4 is 0 Å². The van der Waals surface area contributed by atoms with E-state index in [2.05, 4.69) is 9.47 Å². The number of hydrogen-bond acceptors (Lipinski definition) is 4. The lowest BCUT2D eigenvalue weighted by Gasteiger charge is -2.06. The Labute approximate surface area is 90.2 Å². The monoisotopic (exact) mass is 214 g/mol. The summed E-state index contributed by atoms with van der Waals surface area (Å²) in [5.41, 5.74) is 0.526. The molecule has 4 heteroatoms. The summed E-state index contributed by atoms with van der Waals surface area (Å²) in [5, 5.41) is 0. The zero-order valence-electron chi connectivity index (χ0n) is 9.70. The summed E-state index contributed by atoms with van der Waals surface area (Å²) >= 11 is 0. The standard InChI is InChI=1S/C11H18O4/c1-8(2)7-9(11(13)15-4)5-6-10(12)14-3/h7-8H,5-6H2,1-4H3/b9-7+. The van der Waals surface area contributed by atoms with Crippen molar-refractivity contribution in [1.29, 1.82) is 0 Å². The van der Waals surface area contributed by atoms with Crippen molar-refractivity contribution in [2.75, 3.05) is 14.2 Å². The Kier molecular flexibility index (Phi) is 6.42. The highest BCUT2D eigenvalue weighted by molar-refractivity contribution is 5.89. The molecule has 0 saturated heterocycles. The number of ether oxygens (including phenoxy) is 2. The Hall–Kier alpha value is -1.32. The average Bonchev–Trinajstić information content (AvgIpc) is 2.21. The van der Waals surface area contributed by atoms with Gasteiger partial charge in [-0.15, -0.1) is 0 Å². The number of carbonyl (C=O) groups is 2. The molecule has 0 aromatic heterocycles. The molecular formula is C11H18O4. The summed E-state index contributed by atoms with van der Waals surface area (Å²) in [6.07, 6.45) is 2.36. The first kappa shape index (κ1) is 13.7. The molecule has 0 saturated carbocycles. The van der Waals surface area contributed by atoms with Crippen molar-refractivity contribution in [3.05, 3.63) is 11.6 Å². The van der Waals surface area contributed by atoms with Crippen LogP contribution in [0, 0.1) is 5.92 Å².